The van der Waals surface area contributed by atoms with Crippen molar-refractivity contribution in [2.24, 2.45) is 0 Å². The number of nitrogens with zero attached hydrogens (tertiary/aromatic N) is 3. The molecule has 4 aromatic rings. The molecule has 23 nitrogen and oxygen atoms in total. The molecule has 404 valence electrons. The summed E-state index contributed by atoms with van der Waals surface area (Å²) < 4.78 is 58.4. The largest absolute Gasteiger partial charge is 0.478 e. The van der Waals surface area contributed by atoms with Crippen LogP contribution in [0, 0.1) is 11.8 Å². The minimum atomic E-state index is -6.54. The molecule has 5 N–H and O–H groups in total. The van der Waals surface area contributed by atoms with Crippen molar-refractivity contribution in [3.8, 4) is 23.3 Å². The number of carbonyl (C=O) groups is 2. The van der Waals surface area contributed by atoms with Crippen molar-refractivity contribution >= 4 is 68.4 Å². The Morgan fingerprint density at radius 3 is 2.45 bits per heavy atom. The van der Waals surface area contributed by atoms with E-state index in [0.29, 0.717) is 27.9 Å². The van der Waals surface area contributed by atoms with Crippen LogP contribution in [0.2, 0.25) is 10.0 Å². The summed E-state index contributed by atoms with van der Waals surface area (Å²) in [5, 5.41) is 36.5. The number of hydrogen-bond acceptors (Lipinski definition) is 18. The first kappa shape index (κ1) is 54.3. The van der Waals surface area contributed by atoms with Gasteiger partial charge in [0, 0.05) is 72.6 Å². The normalized spacial score (nSPS) is 19.2. The number of aromatic carboxylic acids is 1. The first-order chi connectivity index (χ1) is 36.6. The van der Waals surface area contributed by atoms with Gasteiger partial charge in [0.15, 0.2) is 0 Å². The van der Waals surface area contributed by atoms with Crippen molar-refractivity contribution in [1.82, 2.24) is 19.4 Å². The van der Waals surface area contributed by atoms with Gasteiger partial charge in [-0.25, -0.2) is 9.37 Å². The maximum Gasteiger partial charge on any atom is 0.337 e. The molecule has 1 saturated heterocycles. The van der Waals surface area contributed by atoms with Crippen molar-refractivity contribution in [3.63, 3.8) is 0 Å². The number of anilines is 1. The van der Waals surface area contributed by atoms with Crippen LogP contribution in [0.4, 0.5) is 5.69 Å². The van der Waals surface area contributed by atoms with E-state index >= 15 is 0 Å². The Bertz CT molecular complexity index is 3460. The molecule has 0 bridgehead atoms. The van der Waals surface area contributed by atoms with Crippen LogP contribution in [-0.2, 0) is 69.6 Å². The average molecular weight is 1150 g/mol. The van der Waals surface area contributed by atoms with Gasteiger partial charge in [0.25, 0.3) is 5.91 Å². The number of carboxylic acids is 1. The predicted molar refractivity (Wildman–Crippen MR) is 272 cm³/mol. The number of nitrogens with one attached hydrogen (secondary N) is 2. The third-order valence-corrected chi connectivity index (χ3v) is 24.9. The van der Waals surface area contributed by atoms with Gasteiger partial charge in [-0.1, -0.05) is 23.2 Å². The van der Waals surface area contributed by atoms with E-state index in [4.69, 9.17) is 47.2 Å². The van der Waals surface area contributed by atoms with Gasteiger partial charge < -0.3 is 24.8 Å². The van der Waals surface area contributed by atoms with Gasteiger partial charge >= 0.3 is 180 Å². The van der Waals surface area contributed by atoms with Gasteiger partial charge in [0.05, 0.1) is 33.3 Å². The Morgan fingerprint density at radius 2 is 1.71 bits per heavy atom. The summed E-state index contributed by atoms with van der Waals surface area (Å²) >= 11 is 14.3. The van der Waals surface area contributed by atoms with Crippen LogP contribution in [0.1, 0.15) is 106 Å². The zero-order valence-electron chi connectivity index (χ0n) is 40.3. The summed E-state index contributed by atoms with van der Waals surface area (Å²) in [6, 6.07) is 5.49. The quantitative estimate of drug-likeness (QED) is 0.0218. The summed E-state index contributed by atoms with van der Waals surface area (Å²) in [7, 11) is -8.80. The molecule has 0 spiro atoms. The van der Waals surface area contributed by atoms with Crippen LogP contribution in [-0.4, -0.2) is 95.7 Å². The van der Waals surface area contributed by atoms with Gasteiger partial charge in [0.2, 0.25) is 5.36 Å². The summed E-state index contributed by atoms with van der Waals surface area (Å²) in [6.07, 6.45) is 6.09. The van der Waals surface area contributed by atoms with Crippen LogP contribution in [0.3, 0.4) is 0 Å². The molecule has 1 fully saturated rings. The van der Waals surface area contributed by atoms with E-state index in [9.17, 15) is 48.5 Å². The third kappa shape index (κ3) is 9.50. The molecule has 10 rings (SSSR count). The molecular weight excluding hydrogens is 1100 g/mol. The Balaban J connectivity index is 0.00000722. The number of amides is 1. The topological polar surface area (TPSA) is 313 Å². The molecule has 28 heteroatoms. The Kier molecular flexibility index (Phi) is 15.7. The number of H-pyrrole nitrogens is 1. The molecular formula is C48H51Cl2N5O18P3+. The van der Waals surface area contributed by atoms with E-state index < -0.39 is 64.2 Å². The molecule has 1 amide bonds. The molecule has 6 aliphatic rings. The maximum atomic E-state index is 14.1. The van der Waals surface area contributed by atoms with E-state index in [0.717, 1.165) is 104 Å². The van der Waals surface area contributed by atoms with Crippen LogP contribution in [0.15, 0.2) is 34.0 Å². The van der Waals surface area contributed by atoms with Crippen LogP contribution in [0.25, 0.3) is 5.57 Å². The number of aryl methyl sites for hydroxylation is 2. The second-order valence-electron chi connectivity index (χ2n) is 18.9. The number of aromatic amines is 1. The SMILES string of the molecule is O=C(NCCOCC#CCc1cn([C@H]2CC[C@@H](COP(OO)(OOO)([P+](=O)[O-])[P+](=O)[O-])O2)c(=O)[nH]c1=O)c1cc(Cl)c(C(=O)O)c(C2=c3cc4c5c(c3Oc3c2cc2c6c3CCCN6CCC2)CCC[N+]=5CCC4)c1Cl.[HH]. The smallest absolute Gasteiger partial charge is 0.337 e. The molecule has 4 atom stereocenters. The number of aromatic nitrogens is 2. The summed E-state index contributed by atoms with van der Waals surface area (Å²) in [5.41, 5.74) is 5.26. The Morgan fingerprint density at radius 1 is 0.974 bits per heavy atom. The molecule has 0 saturated carbocycles. The van der Waals surface area contributed by atoms with Crippen LogP contribution in [0.5, 0.6) is 11.5 Å². The Hall–Kier alpha value is -5.08. The fourth-order valence-corrected chi connectivity index (χ4v) is 16.2. The zero-order chi connectivity index (χ0) is 53.7. The fourth-order valence-electron chi connectivity index (χ4n) is 11.2. The Labute approximate surface area is 444 Å². The molecule has 76 heavy (non-hydrogen) atoms. The number of carboxylic acid groups (broad SMARTS) is 1. The predicted octanol–water partition coefficient (Wildman–Crippen LogP) is 4.15. The van der Waals surface area contributed by atoms with Gasteiger partial charge in [0.1, 0.15) is 24.6 Å². The van der Waals surface area contributed by atoms with E-state index in [1.54, 1.807) is 0 Å². The number of benzene rings is 3. The number of ether oxygens (including phenoxy) is 3. The van der Waals surface area contributed by atoms with Crippen molar-refractivity contribution in [2.45, 2.75) is 83.0 Å². The standard InChI is InChI=1S/C48H48Cl2N5O18P3.H2/c49-35-23-34(46(57)51-14-20-67-19-2-1-7-28-24-55(48(60)52-45(28)56)36-13-12-29(69-36)25-68-76(72-62,73-71-61,74(63)64)75(65)66)40(50)39(38(35)47(58)59)37-32-21-26-8-3-15-53-17-5-10-30(41(26)53)43(32)70-44-31-11-6-18-54-16-4-9-27(42(31)54)22-33(37)44;/h21-24,29,36H,3-20,25H2,(H4-,51,52,56,57,58,59,60,61,62);1H/p+1/t29-,36+;/m0./s1. The first-order valence-corrected chi connectivity index (χ1v) is 30.9. The number of carbonyl (C=O) groups excluding carboxylic acids is 1. The van der Waals surface area contributed by atoms with Crippen molar-refractivity contribution < 1.29 is 78.7 Å². The maximum absolute atomic E-state index is 14.1. The average Bonchev–Trinajstić information content (AvgIpc) is 4.01. The minimum Gasteiger partial charge on any atom is -0.478 e. The zero-order valence-corrected chi connectivity index (χ0v) is 44.5. The summed E-state index contributed by atoms with van der Waals surface area (Å²) in [5.74, 6) is 4.98. The van der Waals surface area contributed by atoms with Crippen molar-refractivity contribution in [1.29, 1.82) is 0 Å². The monoisotopic (exact) mass is 1150 g/mol. The first-order valence-electron chi connectivity index (χ1n) is 24.4. The number of rotatable bonds is 17. The van der Waals surface area contributed by atoms with E-state index in [1.807, 2.05) is 0 Å². The number of halogens is 2. The van der Waals surface area contributed by atoms with E-state index in [2.05, 4.69) is 58.1 Å². The van der Waals surface area contributed by atoms with Gasteiger partial charge in [-0.3, -0.25) is 4.79 Å². The summed E-state index contributed by atoms with van der Waals surface area (Å²) in [6.45, 7) is -3.83. The summed E-state index contributed by atoms with van der Waals surface area (Å²) in [4.78, 5) is 81.3. The van der Waals surface area contributed by atoms with Crippen LogP contribution < -0.4 is 51.1 Å². The molecule has 0 radical (unpaired) electrons. The molecule has 7 heterocycles. The molecule has 3 aromatic carbocycles. The van der Waals surface area contributed by atoms with Crippen LogP contribution >= 0.6 is 45.3 Å². The molecule has 2 unspecified atom stereocenters. The molecule has 6 aliphatic heterocycles. The molecule has 0 aliphatic carbocycles. The van der Waals surface area contributed by atoms with E-state index in [1.165, 1.54) is 23.3 Å². The second kappa shape index (κ2) is 22.0. The number of hydrogen-bond donors (Lipinski definition) is 5. The van der Waals surface area contributed by atoms with Crippen molar-refractivity contribution in [2.75, 3.05) is 57.4 Å². The number of fused-ring (bicyclic) bond motifs is 4. The fraction of sp³-hybridized carbons (Fsp3) is 0.438. The van der Waals surface area contributed by atoms with Gasteiger partial charge in [-0.05, 0) is 62.3 Å². The second-order valence-corrected chi connectivity index (χ2v) is 29.8. The van der Waals surface area contributed by atoms with Gasteiger partial charge in [-0.15, -0.1) is 0 Å². The minimum absolute atomic E-state index is 0. The van der Waals surface area contributed by atoms with Gasteiger partial charge in [-0.2, -0.15) is 0 Å². The third-order valence-electron chi connectivity index (χ3n) is 14.5. The van der Waals surface area contributed by atoms with E-state index in [-0.39, 0.29) is 72.7 Å². The van der Waals surface area contributed by atoms with Crippen molar-refractivity contribution in [3.05, 3.63) is 116 Å². The molecule has 1 aromatic heterocycles.